The highest BCUT2D eigenvalue weighted by atomic mass is 35.5. The number of aliphatic imine (C=N–C) groups is 2. The van der Waals surface area contributed by atoms with Gasteiger partial charge in [0.1, 0.15) is 18.4 Å². The number of fused-ring (bicyclic) bond motifs is 1. The zero-order valence-electron chi connectivity index (χ0n) is 24.0. The molecule has 1 aromatic carbocycles. The minimum absolute atomic E-state index is 0.0111. The maximum Gasteiger partial charge on any atom is 0.408 e. The first-order valence-electron chi connectivity index (χ1n) is 13.1. The van der Waals surface area contributed by atoms with Gasteiger partial charge in [0.15, 0.2) is 0 Å². The van der Waals surface area contributed by atoms with Crippen LogP contribution in [0.2, 0.25) is 0 Å². The predicted molar refractivity (Wildman–Crippen MR) is 163 cm³/mol. The minimum atomic E-state index is -4.46. The van der Waals surface area contributed by atoms with E-state index in [-0.39, 0.29) is 29.7 Å². The number of amides is 1. The summed E-state index contributed by atoms with van der Waals surface area (Å²) in [5, 5.41) is 16.8. The molecule has 8 nitrogen and oxygen atoms in total. The average Bonchev–Trinajstić information content (AvgIpc) is 3.60. The molecular weight excluding hydrogens is 567 g/mol. The van der Waals surface area contributed by atoms with Gasteiger partial charge in [0.25, 0.3) is 0 Å². The molecule has 1 aromatic heterocycles. The maximum absolute atomic E-state index is 13.2. The molecule has 0 atom stereocenters. The van der Waals surface area contributed by atoms with Gasteiger partial charge in [-0.25, -0.2) is 9.67 Å². The summed E-state index contributed by atoms with van der Waals surface area (Å²) in [7, 11) is 1.43. The number of nitriles is 1. The number of carbonyl (C=O) groups excluding carboxylic acids is 1. The Morgan fingerprint density at radius 3 is 2.57 bits per heavy atom. The third kappa shape index (κ3) is 8.54. The summed E-state index contributed by atoms with van der Waals surface area (Å²) in [6.07, 6.45) is 3.76. The van der Waals surface area contributed by atoms with Crippen LogP contribution < -0.4 is 10.2 Å². The van der Waals surface area contributed by atoms with Gasteiger partial charge in [-0.3, -0.25) is 9.79 Å². The molecule has 0 unspecified atom stereocenters. The first kappa shape index (κ1) is 33.8. The monoisotopic (exact) mass is 599 g/mol. The summed E-state index contributed by atoms with van der Waals surface area (Å²) in [5.41, 5.74) is 3.04. The summed E-state index contributed by atoms with van der Waals surface area (Å²) >= 11 is 6.22. The van der Waals surface area contributed by atoms with E-state index in [1.165, 1.54) is 31.5 Å². The Kier molecular flexibility index (Phi) is 12.5. The molecule has 222 valence electrons. The fraction of sp³-hybridized carbons (Fsp3) is 0.300. The summed E-state index contributed by atoms with van der Waals surface area (Å²) in [5.74, 6) is -0.153. The van der Waals surface area contributed by atoms with Crippen LogP contribution in [0.15, 0.2) is 82.4 Å². The van der Waals surface area contributed by atoms with Crippen LogP contribution in [0, 0.1) is 11.3 Å². The van der Waals surface area contributed by atoms with Gasteiger partial charge < -0.3 is 10.2 Å². The molecular formula is C30H33ClF3N7O. The highest BCUT2D eigenvalue weighted by Gasteiger charge is 2.30. The fourth-order valence-corrected chi connectivity index (χ4v) is 4.30. The number of hydrogen-bond acceptors (Lipinski definition) is 4. The van der Waals surface area contributed by atoms with Crippen LogP contribution in [-0.2, 0) is 17.8 Å². The van der Waals surface area contributed by atoms with E-state index in [4.69, 9.17) is 11.6 Å². The second-order valence-corrected chi connectivity index (χ2v) is 8.96. The van der Waals surface area contributed by atoms with Crippen LogP contribution in [0.4, 0.5) is 24.7 Å². The van der Waals surface area contributed by atoms with Crippen LogP contribution in [-0.4, -0.2) is 47.1 Å². The van der Waals surface area contributed by atoms with Crippen molar-refractivity contribution in [1.82, 2.24) is 9.78 Å². The lowest BCUT2D eigenvalue weighted by atomic mass is 10.00. The molecule has 42 heavy (non-hydrogen) atoms. The third-order valence-electron chi connectivity index (χ3n) is 5.89. The number of guanidine groups is 1. The highest BCUT2D eigenvalue weighted by molar-refractivity contribution is 6.32. The van der Waals surface area contributed by atoms with Gasteiger partial charge >= 0.3 is 6.18 Å². The molecule has 0 radical (unpaired) electrons. The second-order valence-electron chi connectivity index (χ2n) is 8.56. The molecule has 0 saturated carbocycles. The molecule has 0 fully saturated rings. The lowest BCUT2D eigenvalue weighted by molar-refractivity contribution is -0.142. The van der Waals surface area contributed by atoms with E-state index in [1.807, 2.05) is 26.8 Å². The molecule has 0 bridgehead atoms. The van der Waals surface area contributed by atoms with Crippen molar-refractivity contribution in [1.29, 1.82) is 5.26 Å². The van der Waals surface area contributed by atoms with Crippen LogP contribution in [0.25, 0.3) is 0 Å². The highest BCUT2D eigenvalue weighted by Crippen LogP contribution is 2.34. The first-order valence-corrected chi connectivity index (χ1v) is 13.5. The predicted octanol–water partition coefficient (Wildman–Crippen LogP) is 6.95. The molecule has 0 spiro atoms. The SMILES string of the molecule is C=C/C(=N\C(=NC)Nc1ccnn1CC(F)(F)F)c1cc(C#N)c2c(c1)CCN2C(=O)CC(/C=C\C)=C(\Cl)C=C.CC. The maximum atomic E-state index is 13.2. The van der Waals surface area contributed by atoms with Gasteiger partial charge in [0, 0.05) is 30.3 Å². The van der Waals surface area contributed by atoms with Crippen LogP contribution in [0.3, 0.4) is 0 Å². The van der Waals surface area contributed by atoms with Crippen molar-refractivity contribution in [2.24, 2.45) is 9.98 Å². The van der Waals surface area contributed by atoms with Crippen molar-refractivity contribution in [2.75, 3.05) is 23.8 Å². The molecule has 3 rings (SSSR count). The summed E-state index contributed by atoms with van der Waals surface area (Å²) in [6, 6.07) is 6.93. The number of nitrogens with zero attached hydrogens (tertiary/aromatic N) is 6. The van der Waals surface area contributed by atoms with Crippen LogP contribution >= 0.6 is 11.6 Å². The standard InChI is InChI=1S/C28H27ClF3N7O.C2H6/c1-5-8-18(22(29)6-2)15-25(40)38-12-10-19-13-20(14-21(16-33)26(19)38)23(7-3)36-27(34-4)37-24-9-11-35-39(24)17-28(30,31)32;1-2/h5-9,11,13-14H,2-3,10,12,15,17H2,1,4H3,(H,34,37);1-2H3/b8-5-,22-18-,36-23+;. The van der Waals surface area contributed by atoms with E-state index in [2.05, 4.69) is 39.6 Å². The number of hydrogen-bond donors (Lipinski definition) is 1. The second kappa shape index (κ2) is 15.5. The molecule has 1 N–H and O–H groups in total. The summed E-state index contributed by atoms with van der Waals surface area (Å²) < 4.78 is 39.4. The largest absolute Gasteiger partial charge is 0.408 e. The topological polar surface area (TPSA) is 98.7 Å². The molecule has 2 heterocycles. The zero-order valence-corrected chi connectivity index (χ0v) is 24.7. The quantitative estimate of drug-likeness (QED) is 0.202. The Balaban J connectivity index is 0.00000301. The molecule has 0 saturated heterocycles. The van der Waals surface area contributed by atoms with Gasteiger partial charge in [0.2, 0.25) is 11.9 Å². The molecule has 0 aliphatic carbocycles. The molecule has 12 heteroatoms. The van der Waals surface area contributed by atoms with Crippen molar-refractivity contribution < 1.29 is 18.0 Å². The van der Waals surface area contributed by atoms with Crippen LogP contribution in [0.5, 0.6) is 0 Å². The minimum Gasteiger partial charge on any atom is -0.310 e. The Hall–Kier alpha value is -4.43. The number of rotatable bonds is 8. The van der Waals surface area contributed by atoms with E-state index in [9.17, 15) is 23.2 Å². The molecule has 2 aromatic rings. The number of halogens is 4. The molecule has 1 aliphatic heterocycles. The number of alkyl halides is 3. The lowest BCUT2D eigenvalue weighted by Crippen LogP contribution is -2.29. The van der Waals surface area contributed by atoms with E-state index in [0.717, 1.165) is 10.2 Å². The van der Waals surface area contributed by atoms with Gasteiger partial charge in [-0.1, -0.05) is 56.8 Å². The van der Waals surface area contributed by atoms with Crippen molar-refractivity contribution in [2.45, 2.75) is 46.3 Å². The Bertz CT molecular complexity index is 1480. The molecule has 1 amide bonds. The van der Waals surface area contributed by atoms with Gasteiger partial charge in [-0.05, 0) is 42.7 Å². The van der Waals surface area contributed by atoms with Crippen LogP contribution in [0.1, 0.15) is 43.9 Å². The Morgan fingerprint density at radius 2 is 2.00 bits per heavy atom. The fourth-order valence-electron chi connectivity index (χ4n) is 4.17. The number of benzene rings is 1. The zero-order chi connectivity index (χ0) is 31.4. The molecule has 1 aliphatic rings. The van der Waals surface area contributed by atoms with Crippen molar-refractivity contribution in [3.63, 3.8) is 0 Å². The third-order valence-corrected chi connectivity index (χ3v) is 6.29. The summed E-state index contributed by atoms with van der Waals surface area (Å²) in [4.78, 5) is 23.2. The van der Waals surface area contributed by atoms with E-state index >= 15 is 0 Å². The smallest absolute Gasteiger partial charge is 0.310 e. The number of nitrogens with one attached hydrogen (secondary N) is 1. The normalized spacial score (nSPS) is 14.0. The van der Waals surface area contributed by atoms with Gasteiger partial charge in [-0.2, -0.15) is 23.5 Å². The van der Waals surface area contributed by atoms with Gasteiger partial charge in [-0.15, -0.1) is 0 Å². The van der Waals surface area contributed by atoms with Gasteiger partial charge in [0.05, 0.1) is 29.6 Å². The Labute approximate surface area is 248 Å². The number of allylic oxidation sites excluding steroid dienone is 5. The Morgan fingerprint density at radius 1 is 1.29 bits per heavy atom. The lowest BCUT2D eigenvalue weighted by Gasteiger charge is -2.20. The van der Waals surface area contributed by atoms with E-state index < -0.39 is 12.7 Å². The average molecular weight is 600 g/mol. The van der Waals surface area contributed by atoms with Crippen molar-refractivity contribution >= 4 is 40.7 Å². The number of anilines is 2. The van der Waals surface area contributed by atoms with Crippen molar-refractivity contribution in [3.8, 4) is 6.07 Å². The van der Waals surface area contributed by atoms with Crippen molar-refractivity contribution in [3.05, 3.63) is 89.2 Å². The first-order chi connectivity index (χ1) is 20.0. The van der Waals surface area contributed by atoms with E-state index in [1.54, 1.807) is 23.1 Å². The number of aromatic nitrogens is 2. The van der Waals surface area contributed by atoms with E-state index in [0.29, 0.717) is 40.5 Å². The number of carbonyl (C=O) groups is 1. The summed E-state index contributed by atoms with van der Waals surface area (Å²) in [6.45, 7) is 12.4.